The van der Waals surface area contributed by atoms with Gasteiger partial charge in [-0.3, -0.25) is 14.4 Å². The van der Waals surface area contributed by atoms with E-state index in [4.69, 9.17) is 17.3 Å². The van der Waals surface area contributed by atoms with Crippen LogP contribution in [-0.2, 0) is 24.4 Å². The predicted octanol–water partition coefficient (Wildman–Crippen LogP) is 2.98. The van der Waals surface area contributed by atoms with Gasteiger partial charge in [0.15, 0.2) is 0 Å². The third-order valence-electron chi connectivity index (χ3n) is 7.47. The molecule has 2 aromatic carbocycles. The molecule has 2 unspecified atom stereocenters. The van der Waals surface area contributed by atoms with Gasteiger partial charge in [-0.15, -0.1) is 0 Å². The Morgan fingerprint density at radius 2 is 1.78 bits per heavy atom. The minimum Gasteiger partial charge on any atom is -0.369 e. The van der Waals surface area contributed by atoms with Gasteiger partial charge in [-0.05, 0) is 75.2 Å². The number of primary amides is 1. The summed E-state index contributed by atoms with van der Waals surface area (Å²) < 4.78 is 28.4. The summed E-state index contributed by atoms with van der Waals surface area (Å²) in [6.07, 6.45) is 3.49. The van der Waals surface area contributed by atoms with E-state index >= 15 is 0 Å². The maximum atomic E-state index is 13.8. The molecule has 226 valence electrons. The Labute approximate surface area is 248 Å². The normalized spacial score (nSPS) is 16.6. The smallest absolute Gasteiger partial charge is 0.245 e. The lowest BCUT2D eigenvalue weighted by Crippen LogP contribution is -2.54. The monoisotopic (exact) mass is 607 g/mol. The summed E-state index contributed by atoms with van der Waals surface area (Å²) in [5, 5.41) is 5.27. The average Bonchev–Trinajstić information content (AvgIpc) is 3.30. The van der Waals surface area contributed by atoms with Crippen molar-refractivity contribution in [2.75, 3.05) is 32.7 Å². The first kappa shape index (κ1) is 32.8. The van der Waals surface area contributed by atoms with Gasteiger partial charge in [0, 0.05) is 30.7 Å². The minimum atomic E-state index is -4.29. The fourth-order valence-electron chi connectivity index (χ4n) is 5.17. The zero-order chi connectivity index (χ0) is 30.3. The molecule has 1 aliphatic rings. The van der Waals surface area contributed by atoms with Gasteiger partial charge in [-0.2, -0.15) is 4.31 Å². The van der Waals surface area contributed by atoms with E-state index in [9.17, 15) is 22.8 Å². The highest BCUT2D eigenvalue weighted by Gasteiger charge is 2.45. The number of likely N-dealkylation sites (tertiary alicyclic amines) is 1. The number of nitrogens with zero attached hydrogens (tertiary/aromatic N) is 3. The Balaban J connectivity index is 1.78. The third kappa shape index (κ3) is 7.97. The third-order valence-corrected chi connectivity index (χ3v) is 9.55. The van der Waals surface area contributed by atoms with Crippen molar-refractivity contribution in [3.63, 3.8) is 0 Å². The molecule has 3 rings (SSSR count). The molecule has 3 amide bonds. The second kappa shape index (κ2) is 14.4. The number of rotatable bonds is 15. The molecule has 2 atom stereocenters. The standard InChI is InChI=1S/C29H42ClN5O5S/c1-5-6-7-13-32-14-16-33(20(2)3)28(37)21(4)34-15-12-26(29(34)38)35(19-27(31)36)41(39,40)25-11-9-22-17-24(30)10-8-23(22)18-25/h8-11,17-18,20-21,26,32H,5-7,12-16,19H2,1-4H3,(H2,31,36). The van der Waals surface area contributed by atoms with E-state index in [2.05, 4.69) is 12.2 Å². The van der Waals surface area contributed by atoms with Crippen LogP contribution < -0.4 is 11.1 Å². The minimum absolute atomic E-state index is 0.0682. The van der Waals surface area contributed by atoms with E-state index in [1.807, 2.05) is 13.8 Å². The van der Waals surface area contributed by atoms with E-state index in [0.29, 0.717) is 23.5 Å². The van der Waals surface area contributed by atoms with Crippen molar-refractivity contribution >= 4 is 50.1 Å². The first-order chi connectivity index (χ1) is 19.4. The molecule has 1 heterocycles. The van der Waals surface area contributed by atoms with E-state index in [1.165, 1.54) is 17.0 Å². The number of nitrogens with two attached hydrogens (primary N) is 1. The largest absolute Gasteiger partial charge is 0.369 e. The van der Waals surface area contributed by atoms with Crippen molar-refractivity contribution in [2.24, 2.45) is 5.73 Å². The number of carbonyl (C=O) groups is 3. The van der Waals surface area contributed by atoms with E-state index in [0.717, 1.165) is 35.5 Å². The first-order valence-corrected chi connectivity index (χ1v) is 16.0. The van der Waals surface area contributed by atoms with Gasteiger partial charge in [0.25, 0.3) is 0 Å². The van der Waals surface area contributed by atoms with Gasteiger partial charge in [-0.25, -0.2) is 8.42 Å². The molecule has 41 heavy (non-hydrogen) atoms. The number of hydrogen-bond donors (Lipinski definition) is 2. The SMILES string of the molecule is CCCCCNCCN(C(=O)C(C)N1CCC(N(CC(N)=O)S(=O)(=O)c2ccc3cc(Cl)ccc3c2)C1=O)C(C)C. The van der Waals surface area contributed by atoms with Gasteiger partial charge in [0.05, 0.1) is 11.4 Å². The van der Waals surface area contributed by atoms with Crippen LogP contribution in [0.2, 0.25) is 5.02 Å². The Bertz CT molecular complexity index is 1350. The number of sulfonamides is 1. The maximum absolute atomic E-state index is 13.8. The summed E-state index contributed by atoms with van der Waals surface area (Å²) in [5.41, 5.74) is 5.44. The van der Waals surface area contributed by atoms with Crippen molar-refractivity contribution in [2.45, 2.75) is 76.4 Å². The highest BCUT2D eigenvalue weighted by atomic mass is 35.5. The van der Waals surface area contributed by atoms with Crippen LogP contribution >= 0.6 is 11.6 Å². The van der Waals surface area contributed by atoms with Crippen LogP contribution in [-0.4, -0.2) is 91.1 Å². The lowest BCUT2D eigenvalue weighted by Gasteiger charge is -2.33. The van der Waals surface area contributed by atoms with Gasteiger partial charge >= 0.3 is 0 Å². The van der Waals surface area contributed by atoms with E-state index in [1.54, 1.807) is 36.1 Å². The van der Waals surface area contributed by atoms with Crippen molar-refractivity contribution in [1.82, 2.24) is 19.4 Å². The zero-order valence-corrected chi connectivity index (χ0v) is 25.9. The first-order valence-electron chi connectivity index (χ1n) is 14.2. The number of fused-ring (bicyclic) bond motifs is 1. The van der Waals surface area contributed by atoms with Crippen molar-refractivity contribution in [3.05, 3.63) is 41.4 Å². The fourth-order valence-corrected chi connectivity index (χ4v) is 6.96. The summed E-state index contributed by atoms with van der Waals surface area (Å²) in [6.45, 7) is 9.19. The Morgan fingerprint density at radius 3 is 2.44 bits per heavy atom. The Hall–Kier alpha value is -2.73. The van der Waals surface area contributed by atoms with Gasteiger partial charge in [0.1, 0.15) is 12.1 Å². The summed E-state index contributed by atoms with van der Waals surface area (Å²) in [7, 11) is -4.29. The molecule has 0 saturated carbocycles. The molecule has 0 radical (unpaired) electrons. The summed E-state index contributed by atoms with van der Waals surface area (Å²) in [6, 6.07) is 7.57. The molecular formula is C29H42ClN5O5S. The number of amides is 3. The molecule has 2 aromatic rings. The van der Waals surface area contributed by atoms with Crippen molar-refractivity contribution < 1.29 is 22.8 Å². The highest BCUT2D eigenvalue weighted by Crippen LogP contribution is 2.29. The zero-order valence-electron chi connectivity index (χ0n) is 24.3. The lowest BCUT2D eigenvalue weighted by atomic mass is 10.1. The molecule has 1 aliphatic heterocycles. The molecule has 0 aromatic heterocycles. The second-order valence-electron chi connectivity index (χ2n) is 10.8. The molecule has 1 saturated heterocycles. The number of carbonyl (C=O) groups excluding carboxylic acids is 3. The molecular weight excluding hydrogens is 566 g/mol. The molecule has 0 spiro atoms. The Morgan fingerprint density at radius 1 is 1.10 bits per heavy atom. The number of benzene rings is 2. The number of hydrogen-bond acceptors (Lipinski definition) is 6. The number of nitrogens with one attached hydrogen (secondary N) is 1. The lowest BCUT2D eigenvalue weighted by molar-refractivity contribution is -0.145. The summed E-state index contributed by atoms with van der Waals surface area (Å²) in [5.74, 6) is -1.61. The highest BCUT2D eigenvalue weighted by molar-refractivity contribution is 7.89. The van der Waals surface area contributed by atoms with E-state index < -0.39 is 40.5 Å². The molecule has 10 nitrogen and oxygen atoms in total. The quantitative estimate of drug-likeness (QED) is 0.299. The Kier molecular flexibility index (Phi) is 11.5. The van der Waals surface area contributed by atoms with Gasteiger partial charge < -0.3 is 20.9 Å². The van der Waals surface area contributed by atoms with E-state index in [-0.39, 0.29) is 29.8 Å². The summed E-state index contributed by atoms with van der Waals surface area (Å²) >= 11 is 6.05. The average molecular weight is 608 g/mol. The number of halogens is 1. The van der Waals surface area contributed by atoms with Crippen LogP contribution in [0.1, 0.15) is 53.4 Å². The second-order valence-corrected chi connectivity index (χ2v) is 13.1. The topological polar surface area (TPSA) is 133 Å². The van der Waals surface area contributed by atoms with Crippen molar-refractivity contribution in [1.29, 1.82) is 0 Å². The molecule has 12 heteroatoms. The van der Waals surface area contributed by atoms with Crippen molar-refractivity contribution in [3.8, 4) is 0 Å². The predicted molar refractivity (Wildman–Crippen MR) is 161 cm³/mol. The van der Waals surface area contributed by atoms with Crippen LogP contribution in [0.4, 0.5) is 0 Å². The van der Waals surface area contributed by atoms with Crippen LogP contribution in [0.5, 0.6) is 0 Å². The van der Waals surface area contributed by atoms with Gasteiger partial charge in [-0.1, -0.05) is 43.5 Å². The van der Waals surface area contributed by atoms with Crippen LogP contribution in [0.3, 0.4) is 0 Å². The molecule has 1 fully saturated rings. The maximum Gasteiger partial charge on any atom is 0.245 e. The van der Waals surface area contributed by atoms with Crippen LogP contribution in [0.15, 0.2) is 41.3 Å². The fraction of sp³-hybridized carbons (Fsp3) is 0.552. The number of unbranched alkanes of at least 4 members (excludes halogenated alkanes) is 2. The molecule has 0 aliphatic carbocycles. The molecule has 3 N–H and O–H groups in total. The summed E-state index contributed by atoms with van der Waals surface area (Å²) in [4.78, 5) is 42.2. The van der Waals surface area contributed by atoms with Crippen LogP contribution in [0.25, 0.3) is 10.8 Å². The van der Waals surface area contributed by atoms with Crippen LogP contribution in [0, 0.1) is 0 Å². The van der Waals surface area contributed by atoms with Gasteiger partial charge in [0.2, 0.25) is 27.7 Å². The molecule has 0 bridgehead atoms.